The topological polar surface area (TPSA) is 170 Å². The van der Waals surface area contributed by atoms with Crippen LogP contribution >= 0.6 is 0 Å². The third-order valence-electron chi connectivity index (χ3n) is 5.56. The van der Waals surface area contributed by atoms with Crippen LogP contribution in [0.15, 0.2) is 30.3 Å². The molecule has 1 fully saturated rings. The molecular formula is C26H41N7O6. The molecule has 0 unspecified atom stereocenters. The maximum absolute atomic E-state index is 12.7. The van der Waals surface area contributed by atoms with Gasteiger partial charge in [0.25, 0.3) is 5.91 Å². The number of nitrogens with zero attached hydrogens (tertiary/aromatic N) is 1. The molecular weight excluding hydrogens is 506 g/mol. The molecule has 13 nitrogen and oxygen atoms in total. The Balaban J connectivity index is 1.76. The molecule has 1 aliphatic rings. The monoisotopic (exact) mass is 547 g/mol. The Morgan fingerprint density at radius 3 is 2.03 bits per heavy atom. The first-order valence-electron chi connectivity index (χ1n) is 13.0. The van der Waals surface area contributed by atoms with Crippen molar-refractivity contribution in [3.63, 3.8) is 0 Å². The number of ether oxygens (including phenoxy) is 1. The summed E-state index contributed by atoms with van der Waals surface area (Å²) in [6.45, 7) is 9.69. The highest BCUT2D eigenvalue weighted by Gasteiger charge is 2.40. The molecule has 2 rings (SSSR count). The molecule has 39 heavy (non-hydrogen) atoms. The second-order valence-corrected chi connectivity index (χ2v) is 10.5. The highest BCUT2D eigenvalue weighted by molar-refractivity contribution is 6.04. The number of hydrogen-bond acceptors (Lipinski definition) is 6. The summed E-state index contributed by atoms with van der Waals surface area (Å²) in [5, 5.41) is 15.9. The van der Waals surface area contributed by atoms with Gasteiger partial charge in [-0.2, -0.15) is 0 Å². The molecule has 1 heterocycles. The summed E-state index contributed by atoms with van der Waals surface area (Å²) in [6, 6.07) is 6.90. The van der Waals surface area contributed by atoms with Crippen LogP contribution < -0.4 is 31.9 Å². The van der Waals surface area contributed by atoms with Crippen molar-refractivity contribution in [2.45, 2.75) is 58.7 Å². The Labute approximate surface area is 229 Å². The van der Waals surface area contributed by atoms with E-state index in [1.807, 2.05) is 44.2 Å². The second kappa shape index (κ2) is 14.8. The lowest BCUT2D eigenvalue weighted by molar-refractivity contribution is -0.128. The van der Waals surface area contributed by atoms with Gasteiger partial charge >= 0.3 is 24.2 Å². The molecule has 8 amide bonds. The molecule has 0 saturated carbocycles. The first-order valence-corrected chi connectivity index (χ1v) is 13.0. The molecule has 0 bridgehead atoms. The predicted molar refractivity (Wildman–Crippen MR) is 145 cm³/mol. The van der Waals surface area contributed by atoms with E-state index in [-0.39, 0.29) is 44.5 Å². The van der Waals surface area contributed by atoms with Gasteiger partial charge in [0.15, 0.2) is 0 Å². The smallest absolute Gasteiger partial charge is 0.407 e. The Kier molecular flexibility index (Phi) is 11.8. The van der Waals surface area contributed by atoms with Gasteiger partial charge in [-0.05, 0) is 38.7 Å². The lowest BCUT2D eigenvalue weighted by Crippen LogP contribution is -2.51. The Hall–Kier alpha value is -4.03. The number of alkyl carbamates (subject to hydrolysis) is 1. The maximum Gasteiger partial charge on any atom is 0.407 e. The van der Waals surface area contributed by atoms with E-state index >= 15 is 0 Å². The summed E-state index contributed by atoms with van der Waals surface area (Å²) in [5.74, 6) is -0.368. The molecule has 2 atom stereocenters. The molecule has 6 N–H and O–H groups in total. The molecule has 13 heteroatoms. The fraction of sp³-hybridized carbons (Fsp3) is 0.577. The fourth-order valence-corrected chi connectivity index (χ4v) is 3.75. The second-order valence-electron chi connectivity index (χ2n) is 10.5. The van der Waals surface area contributed by atoms with Gasteiger partial charge < -0.3 is 36.6 Å². The van der Waals surface area contributed by atoms with Crippen LogP contribution in [0.4, 0.5) is 19.2 Å². The normalized spacial score (nSPS) is 15.8. The lowest BCUT2D eigenvalue weighted by Gasteiger charge is -2.24. The molecule has 1 saturated heterocycles. The first kappa shape index (κ1) is 31.2. The number of rotatable bonds is 12. The zero-order chi connectivity index (χ0) is 29.0. The fourth-order valence-electron chi connectivity index (χ4n) is 3.75. The average molecular weight is 548 g/mol. The number of amides is 8. The molecule has 0 spiro atoms. The molecule has 0 aromatic heterocycles. The third kappa shape index (κ3) is 11.5. The molecule has 0 radical (unpaired) electrons. The van der Waals surface area contributed by atoms with Crippen molar-refractivity contribution < 1.29 is 28.7 Å². The van der Waals surface area contributed by atoms with E-state index in [2.05, 4.69) is 31.9 Å². The number of benzene rings is 1. The van der Waals surface area contributed by atoms with Crippen LogP contribution in [-0.4, -0.2) is 85.4 Å². The van der Waals surface area contributed by atoms with Crippen LogP contribution in [0.1, 0.15) is 40.2 Å². The zero-order valence-electron chi connectivity index (χ0n) is 23.3. The molecule has 1 aliphatic heterocycles. The van der Waals surface area contributed by atoms with Crippen molar-refractivity contribution >= 4 is 30.1 Å². The van der Waals surface area contributed by atoms with Crippen LogP contribution in [0.2, 0.25) is 0 Å². The minimum atomic E-state index is -0.604. The lowest BCUT2D eigenvalue weighted by atomic mass is 10.0. The summed E-state index contributed by atoms with van der Waals surface area (Å²) < 4.78 is 5.11. The van der Waals surface area contributed by atoms with Gasteiger partial charge in [0.1, 0.15) is 11.6 Å². The van der Waals surface area contributed by atoms with Crippen LogP contribution in [0.3, 0.4) is 0 Å². The van der Waals surface area contributed by atoms with E-state index in [9.17, 15) is 24.0 Å². The molecule has 216 valence electrons. The van der Waals surface area contributed by atoms with E-state index in [1.54, 1.807) is 20.8 Å². The minimum Gasteiger partial charge on any atom is -0.444 e. The van der Waals surface area contributed by atoms with Crippen LogP contribution in [-0.2, 0) is 16.0 Å². The van der Waals surface area contributed by atoms with E-state index in [4.69, 9.17) is 4.74 Å². The highest BCUT2D eigenvalue weighted by atomic mass is 16.6. The minimum absolute atomic E-state index is 0.0220. The number of nitrogens with one attached hydrogen (secondary N) is 6. The van der Waals surface area contributed by atoms with Crippen molar-refractivity contribution in [2.75, 3.05) is 32.7 Å². The van der Waals surface area contributed by atoms with Gasteiger partial charge in [-0.1, -0.05) is 44.2 Å². The summed E-state index contributed by atoms with van der Waals surface area (Å²) in [6.07, 6.45) is -0.157. The molecule has 1 aromatic rings. The molecule has 0 aliphatic carbocycles. The van der Waals surface area contributed by atoms with Crippen molar-refractivity contribution in [1.29, 1.82) is 0 Å². The third-order valence-corrected chi connectivity index (χ3v) is 5.56. The van der Waals surface area contributed by atoms with Crippen molar-refractivity contribution in [3.05, 3.63) is 35.9 Å². The van der Waals surface area contributed by atoms with Crippen molar-refractivity contribution in [2.24, 2.45) is 5.92 Å². The Morgan fingerprint density at radius 2 is 1.49 bits per heavy atom. The van der Waals surface area contributed by atoms with E-state index in [0.29, 0.717) is 6.42 Å². The van der Waals surface area contributed by atoms with Crippen molar-refractivity contribution in [1.82, 2.24) is 36.8 Å². The van der Waals surface area contributed by atoms with Gasteiger partial charge in [0.2, 0.25) is 0 Å². The number of hydrogen-bond donors (Lipinski definition) is 6. The van der Waals surface area contributed by atoms with Crippen LogP contribution in [0.25, 0.3) is 0 Å². The Bertz CT molecular complexity index is 996. The number of urea groups is 3. The van der Waals surface area contributed by atoms with Crippen molar-refractivity contribution in [3.8, 4) is 0 Å². The van der Waals surface area contributed by atoms with Gasteiger partial charge in [-0.25, -0.2) is 19.2 Å². The van der Waals surface area contributed by atoms with E-state index in [1.165, 1.54) is 0 Å². The van der Waals surface area contributed by atoms with Crippen LogP contribution in [0.5, 0.6) is 0 Å². The number of imide groups is 1. The van der Waals surface area contributed by atoms with Crippen LogP contribution in [0, 0.1) is 5.92 Å². The summed E-state index contributed by atoms with van der Waals surface area (Å²) >= 11 is 0. The highest BCUT2D eigenvalue weighted by Crippen LogP contribution is 2.15. The Morgan fingerprint density at radius 1 is 0.923 bits per heavy atom. The standard InChI is InChI=1S/C26H41N7O6/c1-17(2)20-21(34)33(24(37)32-20)16-19(15-18-9-7-6-8-10-18)31-23(36)29-12-11-27-22(35)28-13-14-30-25(38)39-26(3,4)5/h6-10,17,19-20H,11-16H2,1-5H3,(H,30,38)(H,32,37)(H2,27,28,35)(H2,29,31,36)/t19-,20-/m0/s1. The average Bonchev–Trinajstić information content (AvgIpc) is 3.12. The summed E-state index contributed by atoms with van der Waals surface area (Å²) in [4.78, 5) is 62.3. The number of carbonyl (C=O) groups is 5. The van der Waals surface area contributed by atoms with E-state index < -0.39 is 41.9 Å². The zero-order valence-corrected chi connectivity index (χ0v) is 23.3. The quantitative estimate of drug-likeness (QED) is 0.170. The number of carbonyl (C=O) groups excluding carboxylic acids is 5. The summed E-state index contributed by atoms with van der Waals surface area (Å²) in [7, 11) is 0. The van der Waals surface area contributed by atoms with Gasteiger partial charge in [0, 0.05) is 26.2 Å². The first-order chi connectivity index (χ1) is 18.4. The van der Waals surface area contributed by atoms with Gasteiger partial charge in [-0.3, -0.25) is 9.69 Å². The maximum atomic E-state index is 12.7. The van der Waals surface area contributed by atoms with E-state index in [0.717, 1.165) is 10.5 Å². The largest absolute Gasteiger partial charge is 0.444 e. The predicted octanol–water partition coefficient (Wildman–Crippen LogP) is 1.30. The SMILES string of the molecule is CC(C)[C@@H]1NC(=O)N(C[C@H](Cc2ccccc2)NC(=O)NCCNC(=O)NCCNC(=O)OC(C)(C)C)C1=O. The summed E-state index contributed by atoms with van der Waals surface area (Å²) in [5.41, 5.74) is 0.335. The van der Waals surface area contributed by atoms with Gasteiger partial charge in [-0.15, -0.1) is 0 Å². The van der Waals surface area contributed by atoms with Gasteiger partial charge in [0.05, 0.1) is 12.6 Å². The molecule has 1 aromatic carbocycles.